The van der Waals surface area contributed by atoms with Crippen LogP contribution in [0.1, 0.15) is 28.4 Å². The van der Waals surface area contributed by atoms with Crippen molar-refractivity contribution in [3.63, 3.8) is 0 Å². The van der Waals surface area contributed by atoms with Crippen molar-refractivity contribution >= 4 is 40.8 Å². The fourth-order valence-corrected chi connectivity index (χ4v) is 3.67. The number of para-hydroxylation sites is 1. The molecule has 0 spiro atoms. The minimum absolute atomic E-state index is 0.0349. The van der Waals surface area contributed by atoms with Crippen molar-refractivity contribution < 1.29 is 29.0 Å². The van der Waals surface area contributed by atoms with Gasteiger partial charge >= 0.3 is 12.0 Å². The number of ether oxygens (including phenoxy) is 2. The number of carboxylic acids is 1. The van der Waals surface area contributed by atoms with Gasteiger partial charge in [-0.3, -0.25) is 10.1 Å². The first-order chi connectivity index (χ1) is 17.7. The quantitative estimate of drug-likeness (QED) is 0.256. The van der Waals surface area contributed by atoms with Crippen LogP contribution < -0.4 is 25.4 Å². The number of nitrogens with one attached hydrogen (secondary N) is 3. The maximum atomic E-state index is 12.5. The Bertz CT molecular complexity index is 1300. The molecule has 3 rings (SSSR count). The van der Waals surface area contributed by atoms with E-state index in [-0.39, 0.29) is 29.3 Å². The Hall–Kier alpha value is -4.08. The summed E-state index contributed by atoms with van der Waals surface area (Å²) in [5.74, 6) is -0.452. The highest BCUT2D eigenvalue weighted by Gasteiger charge is 2.14. The van der Waals surface area contributed by atoms with Gasteiger partial charge in [-0.05, 0) is 61.4 Å². The number of benzene rings is 3. The van der Waals surface area contributed by atoms with Gasteiger partial charge in [-0.15, -0.1) is 0 Å². The fourth-order valence-electron chi connectivity index (χ4n) is 3.45. The van der Waals surface area contributed by atoms with E-state index in [0.29, 0.717) is 22.9 Å². The van der Waals surface area contributed by atoms with Crippen LogP contribution in [-0.4, -0.2) is 42.8 Å². The van der Waals surface area contributed by atoms with Crippen LogP contribution in [-0.2, 0) is 11.2 Å². The summed E-state index contributed by atoms with van der Waals surface area (Å²) in [4.78, 5) is 36.0. The van der Waals surface area contributed by atoms with Crippen molar-refractivity contribution in [2.75, 3.05) is 24.3 Å². The Morgan fingerprint density at radius 1 is 0.973 bits per heavy atom. The fraction of sp³-hybridized carbons (Fsp3) is 0.222. The summed E-state index contributed by atoms with van der Waals surface area (Å²) in [7, 11) is 1.49. The van der Waals surface area contributed by atoms with Gasteiger partial charge in [0.15, 0.2) is 5.78 Å². The number of hydrogen-bond acceptors (Lipinski definition) is 6. The molecule has 0 fully saturated rings. The van der Waals surface area contributed by atoms with Gasteiger partial charge in [-0.1, -0.05) is 35.9 Å². The highest BCUT2D eigenvalue weighted by atomic mass is 35.5. The lowest BCUT2D eigenvalue weighted by molar-refractivity contribution is -0.118. The summed E-state index contributed by atoms with van der Waals surface area (Å²) in [6.07, 6.45) is -0.412. The summed E-state index contributed by atoms with van der Waals surface area (Å²) < 4.78 is 11.1. The second-order valence-corrected chi connectivity index (χ2v) is 8.64. The number of Topliss-reactive ketones (excluding diaryl/α,β-unsaturated/α-hetero) is 1. The number of amides is 2. The minimum atomic E-state index is -1.09. The number of ketones is 1. The first-order valence-electron chi connectivity index (χ1n) is 11.4. The summed E-state index contributed by atoms with van der Waals surface area (Å²) in [6, 6.07) is 16.3. The van der Waals surface area contributed by atoms with Crippen LogP contribution in [0.2, 0.25) is 5.02 Å². The molecule has 10 heteroatoms. The molecule has 0 saturated heterocycles. The monoisotopic (exact) mass is 525 g/mol. The minimum Gasteiger partial charge on any atom is -0.495 e. The van der Waals surface area contributed by atoms with Crippen LogP contribution >= 0.6 is 11.6 Å². The number of halogens is 1. The number of urea groups is 1. The van der Waals surface area contributed by atoms with Crippen LogP contribution in [0.3, 0.4) is 0 Å². The maximum Gasteiger partial charge on any atom is 0.335 e. The molecular formula is C27H28ClN3O6. The Labute approximate surface area is 219 Å². The summed E-state index contributed by atoms with van der Waals surface area (Å²) in [5.41, 5.74) is 2.87. The van der Waals surface area contributed by atoms with E-state index in [4.69, 9.17) is 26.2 Å². The highest BCUT2D eigenvalue weighted by molar-refractivity contribution is 6.32. The van der Waals surface area contributed by atoms with Crippen molar-refractivity contribution in [2.45, 2.75) is 26.5 Å². The van der Waals surface area contributed by atoms with E-state index in [0.717, 1.165) is 11.1 Å². The largest absolute Gasteiger partial charge is 0.495 e. The normalized spacial score (nSPS) is 11.4. The lowest BCUT2D eigenvalue weighted by Gasteiger charge is -2.17. The molecule has 1 unspecified atom stereocenters. The third kappa shape index (κ3) is 7.96. The maximum absolute atomic E-state index is 12.5. The number of carboxylic acid groups (broad SMARTS) is 1. The number of aryl methyl sites for hydroxylation is 1. The number of carbonyl (C=O) groups excluding carboxylic acids is 2. The zero-order chi connectivity index (χ0) is 26.9. The van der Waals surface area contributed by atoms with Crippen molar-refractivity contribution in [3.8, 4) is 11.5 Å². The number of anilines is 2. The number of methoxy groups -OCH3 is 1. The van der Waals surface area contributed by atoms with E-state index in [9.17, 15) is 14.4 Å². The molecular weight excluding hydrogens is 498 g/mol. The molecule has 194 valence electrons. The van der Waals surface area contributed by atoms with Crippen LogP contribution in [0.4, 0.5) is 16.2 Å². The van der Waals surface area contributed by atoms with Gasteiger partial charge in [-0.2, -0.15) is 0 Å². The van der Waals surface area contributed by atoms with Crippen molar-refractivity contribution in [1.82, 2.24) is 5.32 Å². The van der Waals surface area contributed by atoms with E-state index in [1.165, 1.54) is 25.3 Å². The van der Waals surface area contributed by atoms with Crippen LogP contribution in [0.5, 0.6) is 11.5 Å². The summed E-state index contributed by atoms with van der Waals surface area (Å²) in [6.45, 7) is 3.64. The molecule has 9 nitrogen and oxygen atoms in total. The molecule has 0 aliphatic carbocycles. The Balaban J connectivity index is 1.52. The topological polar surface area (TPSA) is 126 Å². The number of hydrogen-bond donors (Lipinski definition) is 4. The molecule has 0 bridgehead atoms. The zero-order valence-corrected chi connectivity index (χ0v) is 21.4. The molecule has 0 radical (unpaired) electrons. The van der Waals surface area contributed by atoms with E-state index >= 15 is 0 Å². The predicted molar refractivity (Wildman–Crippen MR) is 142 cm³/mol. The average Bonchev–Trinajstić information content (AvgIpc) is 2.86. The first-order valence-corrected chi connectivity index (χ1v) is 11.8. The third-order valence-electron chi connectivity index (χ3n) is 5.38. The molecule has 4 N–H and O–H groups in total. The molecule has 2 amide bonds. The molecule has 3 aromatic carbocycles. The smallest absolute Gasteiger partial charge is 0.335 e. The lowest BCUT2D eigenvalue weighted by Crippen LogP contribution is -2.36. The van der Waals surface area contributed by atoms with Crippen LogP contribution in [0.25, 0.3) is 0 Å². The molecule has 0 aliphatic rings. The number of rotatable bonds is 11. The molecule has 3 aromatic rings. The molecule has 0 aliphatic heterocycles. The van der Waals surface area contributed by atoms with Gasteiger partial charge in [0, 0.05) is 12.1 Å². The van der Waals surface area contributed by atoms with Gasteiger partial charge in [0.05, 0.1) is 29.9 Å². The first kappa shape index (κ1) is 27.5. The lowest BCUT2D eigenvalue weighted by atomic mass is 10.1. The van der Waals surface area contributed by atoms with Gasteiger partial charge in [0.2, 0.25) is 0 Å². The standard InChI is InChI=1S/C27H28ClN3O6/c1-16-6-4-5-7-22(16)30-27(35)31-23-10-8-18(13-25(23)36-3)12-20(32)15-29-17(2)37-24-11-9-19(26(33)34)14-21(24)28/h4-11,13-14,17,29H,12,15H2,1-3H3,(H,33,34)(H2,30,31,35). The SMILES string of the molecule is COc1cc(CC(=O)CNC(C)Oc2ccc(C(=O)O)cc2Cl)ccc1NC(=O)Nc1ccccc1C. The van der Waals surface area contributed by atoms with E-state index < -0.39 is 18.2 Å². The summed E-state index contributed by atoms with van der Waals surface area (Å²) in [5, 5.41) is 17.7. The summed E-state index contributed by atoms with van der Waals surface area (Å²) >= 11 is 6.08. The van der Waals surface area contributed by atoms with Gasteiger partial charge in [0.25, 0.3) is 0 Å². The van der Waals surface area contributed by atoms with Gasteiger partial charge in [0.1, 0.15) is 17.7 Å². The van der Waals surface area contributed by atoms with E-state index in [1.54, 1.807) is 25.1 Å². The van der Waals surface area contributed by atoms with Gasteiger partial charge in [-0.25, -0.2) is 9.59 Å². The van der Waals surface area contributed by atoms with Crippen molar-refractivity contribution in [3.05, 3.63) is 82.4 Å². The second kappa shape index (κ2) is 12.8. The highest BCUT2D eigenvalue weighted by Crippen LogP contribution is 2.27. The second-order valence-electron chi connectivity index (χ2n) is 8.24. The molecule has 0 heterocycles. The molecule has 1 atom stereocenters. The van der Waals surface area contributed by atoms with Crippen molar-refractivity contribution in [2.24, 2.45) is 0 Å². The predicted octanol–water partition coefficient (Wildman–Crippen LogP) is 5.13. The Morgan fingerprint density at radius 3 is 2.38 bits per heavy atom. The Kier molecular flexibility index (Phi) is 9.48. The number of aromatic carboxylic acids is 1. The van der Waals surface area contributed by atoms with Crippen LogP contribution in [0, 0.1) is 6.92 Å². The molecule has 37 heavy (non-hydrogen) atoms. The van der Waals surface area contributed by atoms with E-state index in [2.05, 4.69) is 16.0 Å². The number of carbonyl (C=O) groups is 3. The molecule has 0 aromatic heterocycles. The third-order valence-corrected chi connectivity index (χ3v) is 5.67. The van der Waals surface area contributed by atoms with E-state index in [1.807, 2.05) is 31.2 Å². The average molecular weight is 526 g/mol. The zero-order valence-electron chi connectivity index (χ0n) is 20.6. The van der Waals surface area contributed by atoms with Crippen molar-refractivity contribution in [1.29, 1.82) is 0 Å². The van der Waals surface area contributed by atoms with Crippen LogP contribution in [0.15, 0.2) is 60.7 Å². The molecule has 0 saturated carbocycles. The van der Waals surface area contributed by atoms with Gasteiger partial charge < -0.3 is 25.2 Å². The Morgan fingerprint density at radius 2 is 1.70 bits per heavy atom.